The van der Waals surface area contributed by atoms with Gasteiger partial charge in [0.1, 0.15) is 0 Å². The second-order valence-electron chi connectivity index (χ2n) is 6.41. The molecule has 1 aliphatic carbocycles. The van der Waals surface area contributed by atoms with E-state index in [2.05, 4.69) is 4.90 Å². The summed E-state index contributed by atoms with van der Waals surface area (Å²) in [4.78, 5) is 2.33. The highest BCUT2D eigenvalue weighted by Gasteiger charge is 2.36. The molecule has 1 saturated heterocycles. The Labute approximate surface area is 123 Å². The van der Waals surface area contributed by atoms with Crippen molar-refractivity contribution >= 4 is 9.84 Å². The van der Waals surface area contributed by atoms with Crippen LogP contribution in [0.15, 0.2) is 0 Å². The predicted molar refractivity (Wildman–Crippen MR) is 81.5 cm³/mol. The van der Waals surface area contributed by atoms with Gasteiger partial charge in [0.25, 0.3) is 0 Å². The Morgan fingerprint density at radius 3 is 2.55 bits per heavy atom. The van der Waals surface area contributed by atoms with E-state index in [0.29, 0.717) is 30.7 Å². The minimum absolute atomic E-state index is 0.179. The van der Waals surface area contributed by atoms with E-state index in [0.717, 1.165) is 38.6 Å². The van der Waals surface area contributed by atoms with Crippen LogP contribution in [0.5, 0.6) is 0 Å². The second-order valence-corrected chi connectivity index (χ2v) is 8.72. The van der Waals surface area contributed by atoms with Crippen LogP contribution in [0.25, 0.3) is 0 Å². The molecule has 1 heterocycles. The van der Waals surface area contributed by atoms with Crippen molar-refractivity contribution in [2.45, 2.75) is 64.0 Å². The van der Waals surface area contributed by atoms with E-state index in [4.69, 9.17) is 0 Å². The molecule has 2 aliphatic rings. The van der Waals surface area contributed by atoms with Gasteiger partial charge in [0, 0.05) is 24.3 Å². The number of likely N-dealkylation sites (tertiary alicyclic amines) is 1. The SMILES string of the molecule is CCCS(=O)(=O)CCN1CCCC1C1CCCCC1O. The van der Waals surface area contributed by atoms with Gasteiger partial charge in [-0.2, -0.15) is 0 Å². The van der Waals surface area contributed by atoms with Gasteiger partial charge >= 0.3 is 0 Å². The van der Waals surface area contributed by atoms with Gasteiger partial charge in [-0.1, -0.05) is 19.8 Å². The number of rotatable bonds is 6. The Morgan fingerprint density at radius 2 is 1.85 bits per heavy atom. The molecule has 4 nitrogen and oxygen atoms in total. The number of hydrogen-bond donors (Lipinski definition) is 1. The van der Waals surface area contributed by atoms with Crippen LogP contribution < -0.4 is 0 Å². The molecule has 0 aromatic carbocycles. The minimum Gasteiger partial charge on any atom is -0.393 e. The maximum Gasteiger partial charge on any atom is 0.151 e. The highest BCUT2D eigenvalue weighted by molar-refractivity contribution is 7.91. The lowest BCUT2D eigenvalue weighted by atomic mass is 9.80. The summed E-state index contributed by atoms with van der Waals surface area (Å²) >= 11 is 0. The first-order chi connectivity index (χ1) is 9.53. The van der Waals surface area contributed by atoms with Crippen molar-refractivity contribution in [3.8, 4) is 0 Å². The Balaban J connectivity index is 1.90. The molecule has 20 heavy (non-hydrogen) atoms. The summed E-state index contributed by atoms with van der Waals surface area (Å²) in [6, 6.07) is 0.405. The van der Waals surface area contributed by atoms with Crippen LogP contribution in [-0.4, -0.2) is 55.2 Å². The average Bonchev–Trinajstić information content (AvgIpc) is 2.85. The van der Waals surface area contributed by atoms with E-state index in [1.165, 1.54) is 6.42 Å². The zero-order chi connectivity index (χ0) is 14.6. The summed E-state index contributed by atoms with van der Waals surface area (Å²) in [6.07, 6.45) is 7.15. The number of nitrogens with zero attached hydrogens (tertiary/aromatic N) is 1. The van der Waals surface area contributed by atoms with Gasteiger partial charge in [0.05, 0.1) is 11.9 Å². The third-order valence-corrected chi connectivity index (χ3v) is 6.73. The minimum atomic E-state index is -2.89. The molecule has 1 saturated carbocycles. The zero-order valence-electron chi connectivity index (χ0n) is 12.6. The predicted octanol–water partition coefficient (Wildman–Crippen LogP) is 1.83. The van der Waals surface area contributed by atoms with Crippen molar-refractivity contribution < 1.29 is 13.5 Å². The zero-order valence-corrected chi connectivity index (χ0v) is 13.4. The molecule has 3 atom stereocenters. The average molecular weight is 303 g/mol. The van der Waals surface area contributed by atoms with Crippen LogP contribution in [0.4, 0.5) is 0 Å². The lowest BCUT2D eigenvalue weighted by Gasteiger charge is -2.37. The molecule has 118 valence electrons. The fourth-order valence-corrected chi connectivity index (χ4v) is 5.21. The van der Waals surface area contributed by atoms with Crippen LogP contribution in [0.3, 0.4) is 0 Å². The molecule has 0 aromatic rings. The van der Waals surface area contributed by atoms with Gasteiger partial charge < -0.3 is 5.11 Å². The van der Waals surface area contributed by atoms with E-state index in [9.17, 15) is 13.5 Å². The molecule has 2 rings (SSSR count). The topological polar surface area (TPSA) is 57.6 Å². The van der Waals surface area contributed by atoms with E-state index < -0.39 is 9.84 Å². The first-order valence-electron chi connectivity index (χ1n) is 8.16. The Kier molecular flexibility index (Phi) is 5.87. The Morgan fingerprint density at radius 1 is 1.10 bits per heavy atom. The van der Waals surface area contributed by atoms with E-state index in [-0.39, 0.29) is 11.9 Å². The number of aliphatic hydroxyl groups is 1. The molecular formula is C15H29NO3S. The summed E-state index contributed by atoms with van der Waals surface area (Å²) in [5.74, 6) is 0.942. The molecule has 2 fully saturated rings. The summed E-state index contributed by atoms with van der Waals surface area (Å²) in [5, 5.41) is 10.2. The van der Waals surface area contributed by atoms with Gasteiger partial charge in [-0.05, 0) is 38.6 Å². The van der Waals surface area contributed by atoms with Crippen molar-refractivity contribution in [2.75, 3.05) is 24.6 Å². The maximum absolute atomic E-state index is 11.9. The largest absolute Gasteiger partial charge is 0.393 e. The molecule has 0 amide bonds. The third-order valence-electron chi connectivity index (χ3n) is 4.89. The van der Waals surface area contributed by atoms with Crippen LogP contribution in [-0.2, 0) is 9.84 Å². The maximum atomic E-state index is 11.9. The van der Waals surface area contributed by atoms with Gasteiger partial charge in [-0.15, -0.1) is 0 Å². The summed E-state index contributed by atoms with van der Waals surface area (Å²) in [5.41, 5.74) is 0. The van der Waals surface area contributed by atoms with Crippen molar-refractivity contribution in [2.24, 2.45) is 5.92 Å². The number of sulfone groups is 1. The Bertz CT molecular complexity index is 396. The molecule has 0 radical (unpaired) electrons. The normalized spacial score (nSPS) is 32.6. The van der Waals surface area contributed by atoms with Crippen LogP contribution in [0, 0.1) is 5.92 Å². The van der Waals surface area contributed by atoms with E-state index in [1.54, 1.807) is 0 Å². The number of aliphatic hydroxyl groups excluding tert-OH is 1. The molecule has 0 aromatic heterocycles. The summed E-state index contributed by atoms with van der Waals surface area (Å²) in [7, 11) is -2.89. The fourth-order valence-electron chi connectivity index (χ4n) is 3.87. The van der Waals surface area contributed by atoms with Gasteiger partial charge in [0.15, 0.2) is 9.84 Å². The van der Waals surface area contributed by atoms with E-state index in [1.807, 2.05) is 6.92 Å². The van der Waals surface area contributed by atoms with Crippen molar-refractivity contribution in [1.29, 1.82) is 0 Å². The first-order valence-corrected chi connectivity index (χ1v) is 9.98. The smallest absolute Gasteiger partial charge is 0.151 e. The highest BCUT2D eigenvalue weighted by Crippen LogP contribution is 2.34. The van der Waals surface area contributed by atoms with Gasteiger partial charge in [-0.25, -0.2) is 8.42 Å². The molecule has 3 unspecified atom stereocenters. The second kappa shape index (κ2) is 7.23. The standard InChI is InChI=1S/C15H29NO3S/c1-2-11-20(18,19)12-10-16-9-5-7-14(16)13-6-3-4-8-15(13)17/h13-15,17H,2-12H2,1H3. The molecule has 0 bridgehead atoms. The molecule has 5 heteroatoms. The van der Waals surface area contributed by atoms with E-state index >= 15 is 0 Å². The van der Waals surface area contributed by atoms with Crippen molar-refractivity contribution in [3.05, 3.63) is 0 Å². The molecular weight excluding hydrogens is 274 g/mol. The monoisotopic (exact) mass is 303 g/mol. The lowest BCUT2D eigenvalue weighted by Crippen LogP contribution is -2.44. The van der Waals surface area contributed by atoms with Crippen LogP contribution in [0.2, 0.25) is 0 Å². The quantitative estimate of drug-likeness (QED) is 0.813. The summed E-state index contributed by atoms with van der Waals surface area (Å²) in [6.45, 7) is 3.56. The lowest BCUT2D eigenvalue weighted by molar-refractivity contribution is 0.0237. The third kappa shape index (κ3) is 4.18. The van der Waals surface area contributed by atoms with Crippen LogP contribution >= 0.6 is 0 Å². The van der Waals surface area contributed by atoms with Crippen molar-refractivity contribution in [1.82, 2.24) is 4.90 Å². The fraction of sp³-hybridized carbons (Fsp3) is 1.00. The molecule has 0 spiro atoms. The van der Waals surface area contributed by atoms with Gasteiger partial charge in [-0.3, -0.25) is 4.90 Å². The number of hydrogen-bond acceptors (Lipinski definition) is 4. The molecule has 1 N–H and O–H groups in total. The van der Waals surface area contributed by atoms with Crippen molar-refractivity contribution in [3.63, 3.8) is 0 Å². The summed E-state index contributed by atoms with van der Waals surface area (Å²) < 4.78 is 23.7. The molecule has 1 aliphatic heterocycles. The van der Waals surface area contributed by atoms with Crippen LogP contribution in [0.1, 0.15) is 51.9 Å². The highest BCUT2D eigenvalue weighted by atomic mass is 32.2. The van der Waals surface area contributed by atoms with Gasteiger partial charge in [0.2, 0.25) is 0 Å². The Hall–Kier alpha value is -0.130. The first kappa shape index (κ1) is 16.2.